The van der Waals surface area contributed by atoms with Crippen LogP contribution in [-0.4, -0.2) is 19.3 Å². The smallest absolute Gasteiger partial charge is 0.184 e. The molecule has 92 valence electrons. The van der Waals surface area contributed by atoms with Crippen LogP contribution < -0.4 is 4.74 Å². The third kappa shape index (κ3) is 2.17. The van der Waals surface area contributed by atoms with Crippen molar-refractivity contribution in [2.75, 3.05) is 7.11 Å². The Morgan fingerprint density at radius 3 is 2.12 bits per heavy atom. The maximum absolute atomic E-state index is 5.96. The van der Waals surface area contributed by atoms with Crippen LogP contribution in [0.15, 0.2) is 24.3 Å². The fourth-order valence-corrected chi connectivity index (χ4v) is 2.64. The van der Waals surface area contributed by atoms with Crippen molar-refractivity contribution in [1.82, 2.24) is 0 Å². The number of benzene rings is 1. The van der Waals surface area contributed by atoms with Crippen molar-refractivity contribution in [3.63, 3.8) is 0 Å². The van der Waals surface area contributed by atoms with Crippen molar-refractivity contribution in [2.24, 2.45) is 0 Å². The highest BCUT2D eigenvalue weighted by molar-refractivity contribution is 5.28. The molecule has 0 radical (unpaired) electrons. The van der Waals surface area contributed by atoms with Crippen LogP contribution in [-0.2, 0) is 9.47 Å². The molecule has 0 spiro atoms. The van der Waals surface area contributed by atoms with Gasteiger partial charge in [-0.2, -0.15) is 0 Å². The van der Waals surface area contributed by atoms with Crippen molar-refractivity contribution in [3.8, 4) is 5.75 Å². The quantitative estimate of drug-likeness (QED) is 0.787. The van der Waals surface area contributed by atoms with Gasteiger partial charge in [-0.1, -0.05) is 25.0 Å². The van der Waals surface area contributed by atoms with E-state index in [1.165, 1.54) is 12.8 Å². The zero-order valence-electron chi connectivity index (χ0n) is 10.1. The molecule has 1 heterocycles. The summed E-state index contributed by atoms with van der Waals surface area (Å²) in [7, 11) is 1.67. The minimum Gasteiger partial charge on any atom is -0.497 e. The first-order valence-corrected chi connectivity index (χ1v) is 6.32. The van der Waals surface area contributed by atoms with E-state index in [1.807, 2.05) is 24.3 Å². The lowest BCUT2D eigenvalue weighted by atomic mass is 9.95. The maximum Gasteiger partial charge on any atom is 0.184 e. The van der Waals surface area contributed by atoms with Crippen molar-refractivity contribution >= 4 is 0 Å². The average molecular weight is 234 g/mol. The number of methoxy groups -OCH3 is 1. The van der Waals surface area contributed by atoms with Crippen LogP contribution in [0.25, 0.3) is 0 Å². The second kappa shape index (κ2) is 4.67. The molecule has 2 aliphatic rings. The Morgan fingerprint density at radius 2 is 1.59 bits per heavy atom. The number of hydrogen-bond acceptors (Lipinski definition) is 3. The highest BCUT2D eigenvalue weighted by Gasteiger charge is 2.38. The largest absolute Gasteiger partial charge is 0.497 e. The summed E-state index contributed by atoms with van der Waals surface area (Å²) < 4.78 is 17.1. The van der Waals surface area contributed by atoms with Crippen molar-refractivity contribution < 1.29 is 14.2 Å². The Bertz CT molecular complexity index is 360. The van der Waals surface area contributed by atoms with Crippen LogP contribution >= 0.6 is 0 Å². The SMILES string of the molecule is COc1ccc(C2O[C@@H]3CCCC[C@H]3O2)cc1. The van der Waals surface area contributed by atoms with E-state index in [9.17, 15) is 0 Å². The molecule has 1 saturated carbocycles. The van der Waals surface area contributed by atoms with Crippen LogP contribution in [0.5, 0.6) is 5.75 Å². The summed E-state index contributed by atoms with van der Waals surface area (Å²) in [6.45, 7) is 0. The summed E-state index contributed by atoms with van der Waals surface area (Å²) in [5.41, 5.74) is 1.08. The molecule has 1 aliphatic heterocycles. The monoisotopic (exact) mass is 234 g/mol. The number of rotatable bonds is 2. The van der Waals surface area contributed by atoms with E-state index < -0.39 is 0 Å². The Hall–Kier alpha value is -1.06. The van der Waals surface area contributed by atoms with Crippen molar-refractivity contribution in [3.05, 3.63) is 29.8 Å². The molecule has 3 nitrogen and oxygen atoms in total. The zero-order chi connectivity index (χ0) is 11.7. The van der Waals surface area contributed by atoms with Gasteiger partial charge in [0, 0.05) is 5.56 Å². The lowest BCUT2D eigenvalue weighted by Crippen LogP contribution is -2.25. The Balaban J connectivity index is 1.72. The molecule has 2 fully saturated rings. The highest BCUT2D eigenvalue weighted by atomic mass is 16.7. The lowest BCUT2D eigenvalue weighted by Gasteiger charge is -2.21. The van der Waals surface area contributed by atoms with Gasteiger partial charge in [0.15, 0.2) is 6.29 Å². The Kier molecular flexibility index (Phi) is 3.04. The number of fused-ring (bicyclic) bond motifs is 1. The topological polar surface area (TPSA) is 27.7 Å². The van der Waals surface area contributed by atoms with E-state index in [1.54, 1.807) is 7.11 Å². The summed E-state index contributed by atoms with van der Waals surface area (Å²) >= 11 is 0. The summed E-state index contributed by atoms with van der Waals surface area (Å²) in [5, 5.41) is 0. The van der Waals surface area contributed by atoms with Gasteiger partial charge in [-0.3, -0.25) is 0 Å². The predicted molar refractivity (Wildman–Crippen MR) is 63.9 cm³/mol. The van der Waals surface area contributed by atoms with Crippen LogP contribution in [0.4, 0.5) is 0 Å². The van der Waals surface area contributed by atoms with E-state index in [0.717, 1.165) is 24.2 Å². The standard InChI is InChI=1S/C14H18O3/c1-15-11-8-6-10(7-9-11)14-16-12-4-2-3-5-13(12)17-14/h6-9,12-14H,2-5H2,1H3/t12-,13-/m1/s1. The molecule has 0 unspecified atom stereocenters. The molecule has 17 heavy (non-hydrogen) atoms. The van der Waals surface area contributed by atoms with E-state index in [-0.39, 0.29) is 6.29 Å². The first-order valence-electron chi connectivity index (χ1n) is 6.32. The molecule has 1 aliphatic carbocycles. The van der Waals surface area contributed by atoms with Crippen molar-refractivity contribution in [2.45, 2.75) is 44.2 Å². The number of hydrogen-bond donors (Lipinski definition) is 0. The summed E-state index contributed by atoms with van der Waals surface area (Å²) in [6, 6.07) is 7.93. The van der Waals surface area contributed by atoms with Gasteiger partial charge >= 0.3 is 0 Å². The van der Waals surface area contributed by atoms with Gasteiger partial charge in [-0.25, -0.2) is 0 Å². The maximum atomic E-state index is 5.96. The Labute approximate surface area is 102 Å². The molecule has 2 atom stereocenters. The van der Waals surface area contributed by atoms with E-state index in [0.29, 0.717) is 12.2 Å². The van der Waals surface area contributed by atoms with E-state index in [4.69, 9.17) is 14.2 Å². The van der Waals surface area contributed by atoms with Gasteiger partial charge in [0.25, 0.3) is 0 Å². The minimum atomic E-state index is -0.186. The van der Waals surface area contributed by atoms with Crippen LogP contribution in [0.2, 0.25) is 0 Å². The summed E-state index contributed by atoms with van der Waals surface area (Å²) in [5.74, 6) is 0.865. The molecule has 3 rings (SSSR count). The third-order valence-electron chi connectivity index (χ3n) is 3.63. The second-order valence-electron chi connectivity index (χ2n) is 4.74. The van der Waals surface area contributed by atoms with Gasteiger partial charge in [-0.15, -0.1) is 0 Å². The molecular formula is C14H18O3. The predicted octanol–water partition coefficient (Wildman–Crippen LogP) is 3.05. The van der Waals surface area contributed by atoms with E-state index >= 15 is 0 Å². The van der Waals surface area contributed by atoms with Gasteiger partial charge in [0.2, 0.25) is 0 Å². The molecule has 1 aromatic rings. The molecule has 1 saturated heterocycles. The summed E-state index contributed by atoms with van der Waals surface area (Å²) in [6.07, 6.45) is 5.22. The summed E-state index contributed by atoms with van der Waals surface area (Å²) in [4.78, 5) is 0. The fraction of sp³-hybridized carbons (Fsp3) is 0.571. The zero-order valence-corrected chi connectivity index (χ0v) is 10.1. The molecule has 3 heteroatoms. The first kappa shape index (κ1) is 11.1. The Morgan fingerprint density at radius 1 is 1.00 bits per heavy atom. The van der Waals surface area contributed by atoms with Crippen LogP contribution in [0, 0.1) is 0 Å². The van der Waals surface area contributed by atoms with Gasteiger partial charge in [-0.05, 0) is 25.0 Å². The lowest BCUT2D eigenvalue weighted by molar-refractivity contribution is -0.0680. The molecule has 0 aromatic heterocycles. The first-order chi connectivity index (χ1) is 8.36. The van der Waals surface area contributed by atoms with Crippen LogP contribution in [0.3, 0.4) is 0 Å². The molecule has 0 N–H and O–H groups in total. The average Bonchev–Trinajstić information content (AvgIpc) is 2.82. The number of ether oxygens (including phenoxy) is 3. The van der Waals surface area contributed by atoms with Crippen molar-refractivity contribution in [1.29, 1.82) is 0 Å². The molecule has 1 aromatic carbocycles. The third-order valence-corrected chi connectivity index (χ3v) is 3.63. The van der Waals surface area contributed by atoms with Gasteiger partial charge in [0.05, 0.1) is 19.3 Å². The fourth-order valence-electron chi connectivity index (χ4n) is 2.64. The van der Waals surface area contributed by atoms with E-state index in [2.05, 4.69) is 0 Å². The molecule has 0 amide bonds. The van der Waals surface area contributed by atoms with Gasteiger partial charge < -0.3 is 14.2 Å². The minimum absolute atomic E-state index is 0.186. The van der Waals surface area contributed by atoms with Crippen LogP contribution in [0.1, 0.15) is 37.5 Å². The highest BCUT2D eigenvalue weighted by Crippen LogP contribution is 2.38. The van der Waals surface area contributed by atoms with Gasteiger partial charge in [0.1, 0.15) is 5.75 Å². The molecule has 0 bridgehead atoms. The molecular weight excluding hydrogens is 216 g/mol. The second-order valence-corrected chi connectivity index (χ2v) is 4.74. The normalized spacial score (nSPS) is 29.0.